The van der Waals surface area contributed by atoms with Crippen LogP contribution < -0.4 is 0 Å². The molecule has 2 aromatic carbocycles. The van der Waals surface area contributed by atoms with Crippen molar-refractivity contribution in [2.75, 3.05) is 0 Å². The van der Waals surface area contributed by atoms with Crippen LogP contribution in [0.4, 0.5) is 17.6 Å². The second-order valence-electron chi connectivity index (χ2n) is 6.12. The van der Waals surface area contributed by atoms with Gasteiger partial charge in [0.25, 0.3) is 0 Å². The van der Waals surface area contributed by atoms with Crippen LogP contribution in [0.25, 0.3) is 17.4 Å². The van der Waals surface area contributed by atoms with Crippen LogP contribution in [-0.2, 0) is 15.7 Å². The fourth-order valence-corrected chi connectivity index (χ4v) is 2.69. The number of hydrogen-bond acceptors (Lipinski definition) is 4. The highest BCUT2D eigenvalue weighted by Gasteiger charge is 2.30. The van der Waals surface area contributed by atoms with Crippen LogP contribution in [0.2, 0.25) is 0 Å². The number of halogens is 4. The number of cyclic esters (lactones) is 1. The van der Waals surface area contributed by atoms with E-state index in [1.807, 2.05) is 0 Å². The molecule has 1 aromatic heterocycles. The molecule has 4 nitrogen and oxygen atoms in total. The minimum atomic E-state index is -4.47. The molecule has 0 N–H and O–H groups in total. The molecule has 0 fully saturated rings. The summed E-state index contributed by atoms with van der Waals surface area (Å²) in [5.74, 6) is -0.718. The van der Waals surface area contributed by atoms with E-state index in [0.29, 0.717) is 5.56 Å². The lowest BCUT2D eigenvalue weighted by atomic mass is 10.1. The maximum Gasteiger partial charge on any atom is 0.416 e. The fraction of sp³-hybridized carbons (Fsp3) is 0.0476. The zero-order chi connectivity index (χ0) is 20.6. The van der Waals surface area contributed by atoms with Crippen LogP contribution >= 0.6 is 0 Å². The fourth-order valence-electron chi connectivity index (χ4n) is 2.69. The Kier molecular flexibility index (Phi) is 4.54. The zero-order valence-electron chi connectivity index (χ0n) is 14.5. The lowest BCUT2D eigenvalue weighted by Crippen LogP contribution is -2.05. The quantitative estimate of drug-likeness (QED) is 0.333. The van der Waals surface area contributed by atoms with E-state index in [-0.39, 0.29) is 28.7 Å². The normalized spacial score (nSPS) is 15.5. The number of carbonyl (C=O) groups is 1. The summed E-state index contributed by atoms with van der Waals surface area (Å²) in [5.41, 5.74) is -0.172. The zero-order valence-corrected chi connectivity index (χ0v) is 14.5. The highest BCUT2D eigenvalue weighted by molar-refractivity contribution is 6.12. The maximum absolute atomic E-state index is 13.0. The molecule has 29 heavy (non-hydrogen) atoms. The molecular weight excluding hydrogens is 390 g/mol. The van der Waals surface area contributed by atoms with E-state index in [1.165, 1.54) is 54.6 Å². The molecule has 1 aliphatic rings. The van der Waals surface area contributed by atoms with E-state index >= 15 is 0 Å². The van der Waals surface area contributed by atoms with E-state index in [2.05, 4.69) is 4.99 Å². The van der Waals surface area contributed by atoms with Crippen molar-refractivity contribution in [1.29, 1.82) is 0 Å². The van der Waals surface area contributed by atoms with Crippen molar-refractivity contribution in [2.24, 2.45) is 4.99 Å². The number of carbonyl (C=O) groups excluding carboxylic acids is 1. The third kappa shape index (κ3) is 3.96. The van der Waals surface area contributed by atoms with Crippen molar-refractivity contribution >= 4 is 17.9 Å². The molecule has 0 saturated heterocycles. The molecule has 146 valence electrons. The molecular formula is C21H11F4NO3. The Bertz CT molecular complexity index is 1140. The van der Waals surface area contributed by atoms with Gasteiger partial charge in [-0.05, 0) is 48.5 Å². The summed E-state index contributed by atoms with van der Waals surface area (Å²) in [6, 6.07) is 13.0. The topological polar surface area (TPSA) is 51.8 Å². The number of furan rings is 1. The predicted molar refractivity (Wildman–Crippen MR) is 96.2 cm³/mol. The van der Waals surface area contributed by atoms with Crippen LogP contribution in [-0.4, -0.2) is 11.9 Å². The molecule has 8 heteroatoms. The minimum Gasteiger partial charge on any atom is -0.457 e. The van der Waals surface area contributed by atoms with Crippen LogP contribution in [0.5, 0.6) is 0 Å². The van der Waals surface area contributed by atoms with Crippen molar-refractivity contribution < 1.29 is 31.5 Å². The first-order chi connectivity index (χ1) is 13.8. The number of aliphatic imine (C=N–C) groups is 1. The van der Waals surface area contributed by atoms with Gasteiger partial charge in [0.2, 0.25) is 5.90 Å². The molecule has 3 aromatic rings. The van der Waals surface area contributed by atoms with Gasteiger partial charge in [-0.15, -0.1) is 0 Å². The number of alkyl halides is 3. The summed E-state index contributed by atoms with van der Waals surface area (Å²) in [6.07, 6.45) is -3.15. The molecule has 0 atom stereocenters. The number of hydrogen-bond donors (Lipinski definition) is 0. The molecule has 0 bridgehead atoms. The van der Waals surface area contributed by atoms with Crippen LogP contribution in [0, 0.1) is 5.82 Å². The summed E-state index contributed by atoms with van der Waals surface area (Å²) in [4.78, 5) is 16.1. The van der Waals surface area contributed by atoms with E-state index in [0.717, 1.165) is 12.1 Å². The van der Waals surface area contributed by atoms with Crippen molar-refractivity contribution in [3.63, 3.8) is 0 Å². The molecule has 0 radical (unpaired) electrons. The number of benzene rings is 2. The van der Waals surface area contributed by atoms with Gasteiger partial charge in [0.05, 0.1) is 5.56 Å². The molecule has 0 unspecified atom stereocenters. The third-order valence-corrected chi connectivity index (χ3v) is 4.09. The van der Waals surface area contributed by atoms with Crippen molar-refractivity contribution in [2.45, 2.75) is 6.18 Å². The van der Waals surface area contributed by atoms with Gasteiger partial charge < -0.3 is 9.15 Å². The number of nitrogens with zero attached hydrogens (tertiary/aromatic N) is 1. The Morgan fingerprint density at radius 3 is 2.41 bits per heavy atom. The number of ether oxygens (including phenoxy) is 1. The lowest BCUT2D eigenvalue weighted by Gasteiger charge is -2.07. The first kappa shape index (κ1) is 18.7. The van der Waals surface area contributed by atoms with Gasteiger partial charge in [-0.25, -0.2) is 14.2 Å². The Morgan fingerprint density at radius 1 is 0.931 bits per heavy atom. The lowest BCUT2D eigenvalue weighted by molar-refractivity contribution is -0.137. The molecule has 0 aliphatic carbocycles. The minimum absolute atomic E-state index is 0.0194. The Morgan fingerprint density at radius 2 is 1.69 bits per heavy atom. The molecule has 0 amide bonds. The first-order valence-corrected chi connectivity index (χ1v) is 8.35. The van der Waals surface area contributed by atoms with E-state index in [4.69, 9.17) is 9.15 Å². The van der Waals surface area contributed by atoms with Gasteiger partial charge in [-0.2, -0.15) is 13.2 Å². The van der Waals surface area contributed by atoms with E-state index < -0.39 is 23.5 Å². The summed E-state index contributed by atoms with van der Waals surface area (Å²) < 4.78 is 62.2. The third-order valence-electron chi connectivity index (χ3n) is 4.09. The summed E-state index contributed by atoms with van der Waals surface area (Å²) in [7, 11) is 0. The van der Waals surface area contributed by atoms with E-state index in [9.17, 15) is 22.4 Å². The van der Waals surface area contributed by atoms with E-state index in [1.54, 1.807) is 0 Å². The Hall–Kier alpha value is -3.68. The summed E-state index contributed by atoms with van der Waals surface area (Å²) in [6.45, 7) is 0. The smallest absolute Gasteiger partial charge is 0.416 e. The Labute approximate surface area is 161 Å². The van der Waals surface area contributed by atoms with Crippen molar-refractivity contribution in [3.05, 3.63) is 89.1 Å². The van der Waals surface area contributed by atoms with Gasteiger partial charge in [0.15, 0.2) is 5.70 Å². The van der Waals surface area contributed by atoms with Gasteiger partial charge in [-0.1, -0.05) is 12.1 Å². The average Bonchev–Trinajstić information content (AvgIpc) is 3.29. The van der Waals surface area contributed by atoms with Crippen molar-refractivity contribution in [3.8, 4) is 11.3 Å². The second kappa shape index (κ2) is 7.05. The van der Waals surface area contributed by atoms with Gasteiger partial charge in [-0.3, -0.25) is 0 Å². The van der Waals surface area contributed by atoms with Gasteiger partial charge in [0, 0.05) is 17.2 Å². The van der Waals surface area contributed by atoms with Crippen LogP contribution in [0.15, 0.2) is 75.8 Å². The molecule has 2 heterocycles. The Balaban J connectivity index is 1.61. The van der Waals surface area contributed by atoms with Crippen LogP contribution in [0.3, 0.4) is 0 Å². The summed E-state index contributed by atoms with van der Waals surface area (Å²) in [5, 5.41) is 0. The largest absolute Gasteiger partial charge is 0.457 e. The van der Waals surface area contributed by atoms with Crippen molar-refractivity contribution in [1.82, 2.24) is 0 Å². The molecule has 4 rings (SSSR count). The predicted octanol–water partition coefficient (Wildman–Crippen LogP) is 5.45. The first-order valence-electron chi connectivity index (χ1n) is 8.35. The van der Waals surface area contributed by atoms with Gasteiger partial charge >= 0.3 is 12.1 Å². The standard InChI is InChI=1S/C21H11F4NO3/c22-15-6-4-12(5-7-15)19-26-17(20(27)29-19)11-16-8-9-18(28-16)13-2-1-3-14(10-13)21(23,24)25/h1-11H/b17-11-. The maximum atomic E-state index is 13.0. The molecule has 0 saturated carbocycles. The monoisotopic (exact) mass is 401 g/mol. The number of rotatable bonds is 3. The second-order valence-corrected chi connectivity index (χ2v) is 6.12. The average molecular weight is 401 g/mol. The highest BCUT2D eigenvalue weighted by Crippen LogP contribution is 2.33. The molecule has 1 aliphatic heterocycles. The molecule has 0 spiro atoms. The number of esters is 1. The summed E-state index contributed by atoms with van der Waals surface area (Å²) >= 11 is 0. The highest BCUT2D eigenvalue weighted by atomic mass is 19.4. The SMILES string of the molecule is O=C1OC(c2ccc(F)cc2)=N/C1=C\c1ccc(-c2cccc(C(F)(F)F)c2)o1. The van der Waals surface area contributed by atoms with Gasteiger partial charge in [0.1, 0.15) is 17.3 Å². The van der Waals surface area contributed by atoms with Crippen LogP contribution in [0.1, 0.15) is 16.9 Å².